The van der Waals surface area contributed by atoms with Crippen molar-refractivity contribution in [1.82, 2.24) is 0 Å². The van der Waals surface area contributed by atoms with Gasteiger partial charge >= 0.3 is 0 Å². The van der Waals surface area contributed by atoms with Crippen molar-refractivity contribution in [3.63, 3.8) is 0 Å². The highest BCUT2D eigenvalue weighted by Crippen LogP contribution is 2.22. The van der Waals surface area contributed by atoms with Crippen LogP contribution in [0.5, 0.6) is 0 Å². The van der Waals surface area contributed by atoms with Crippen LogP contribution in [0, 0.1) is 6.92 Å². The molecule has 0 aliphatic rings. The Hall–Kier alpha value is -1.60. The van der Waals surface area contributed by atoms with E-state index in [1.54, 1.807) is 0 Å². The quantitative estimate of drug-likeness (QED) is 0.823. The van der Waals surface area contributed by atoms with Gasteiger partial charge in [0.2, 0.25) is 0 Å². The van der Waals surface area contributed by atoms with Gasteiger partial charge in [-0.2, -0.15) is 0 Å². The normalized spacial score (nSPS) is 12.3. The zero-order chi connectivity index (χ0) is 13.5. The van der Waals surface area contributed by atoms with Crippen molar-refractivity contribution in [3.8, 4) is 0 Å². The van der Waals surface area contributed by atoms with Crippen LogP contribution < -0.4 is 0 Å². The summed E-state index contributed by atoms with van der Waals surface area (Å²) in [5, 5.41) is 9.57. The molecule has 0 aromatic heterocycles. The fourth-order valence-electron chi connectivity index (χ4n) is 2.48. The highest BCUT2D eigenvalue weighted by molar-refractivity contribution is 5.25. The second-order valence-electron chi connectivity index (χ2n) is 5.17. The standard InChI is InChI=1S/C18H22O/c1-15-7-5-11-17(13-15)18(14-19)12-6-10-16-8-3-2-4-9-16/h2-5,7-9,11,13,18-19H,6,10,12,14H2,1H3. The molecule has 1 N–H and O–H groups in total. The Morgan fingerprint density at radius 1 is 1.00 bits per heavy atom. The average Bonchev–Trinajstić information content (AvgIpc) is 2.45. The van der Waals surface area contributed by atoms with Gasteiger partial charge in [0.15, 0.2) is 0 Å². The molecule has 19 heavy (non-hydrogen) atoms. The fourth-order valence-corrected chi connectivity index (χ4v) is 2.48. The number of benzene rings is 2. The molecule has 1 heteroatoms. The number of hydrogen-bond acceptors (Lipinski definition) is 1. The van der Waals surface area contributed by atoms with Gasteiger partial charge in [-0.1, -0.05) is 60.2 Å². The maximum atomic E-state index is 9.57. The molecule has 2 aromatic carbocycles. The first-order valence-electron chi connectivity index (χ1n) is 7.01. The lowest BCUT2D eigenvalue weighted by molar-refractivity contribution is 0.257. The first-order valence-corrected chi connectivity index (χ1v) is 7.01. The van der Waals surface area contributed by atoms with Gasteiger partial charge in [-0.3, -0.25) is 0 Å². The summed E-state index contributed by atoms with van der Waals surface area (Å²) < 4.78 is 0. The maximum Gasteiger partial charge on any atom is 0.0499 e. The first-order chi connectivity index (χ1) is 9.29. The zero-order valence-electron chi connectivity index (χ0n) is 11.5. The van der Waals surface area contributed by atoms with Gasteiger partial charge in [0.25, 0.3) is 0 Å². The van der Waals surface area contributed by atoms with Crippen molar-refractivity contribution in [2.24, 2.45) is 0 Å². The first kappa shape index (κ1) is 13.8. The van der Waals surface area contributed by atoms with Crippen LogP contribution >= 0.6 is 0 Å². The minimum absolute atomic E-state index is 0.234. The molecule has 1 nitrogen and oxygen atoms in total. The highest BCUT2D eigenvalue weighted by Gasteiger charge is 2.10. The van der Waals surface area contributed by atoms with Crippen molar-refractivity contribution in [1.29, 1.82) is 0 Å². The van der Waals surface area contributed by atoms with Crippen LogP contribution in [0.4, 0.5) is 0 Å². The van der Waals surface area contributed by atoms with Crippen LogP contribution in [0.2, 0.25) is 0 Å². The molecule has 1 unspecified atom stereocenters. The average molecular weight is 254 g/mol. The molecule has 0 aliphatic carbocycles. The molecule has 2 rings (SSSR count). The summed E-state index contributed by atoms with van der Waals surface area (Å²) in [4.78, 5) is 0. The molecular weight excluding hydrogens is 232 g/mol. The molecule has 0 saturated heterocycles. The van der Waals surface area contributed by atoms with E-state index in [1.807, 2.05) is 6.07 Å². The maximum absolute atomic E-state index is 9.57. The molecule has 100 valence electrons. The number of rotatable bonds is 6. The zero-order valence-corrected chi connectivity index (χ0v) is 11.5. The fraction of sp³-hybridized carbons (Fsp3) is 0.333. The van der Waals surface area contributed by atoms with Crippen LogP contribution in [-0.2, 0) is 6.42 Å². The van der Waals surface area contributed by atoms with Crippen molar-refractivity contribution in [2.75, 3.05) is 6.61 Å². The van der Waals surface area contributed by atoms with Crippen LogP contribution in [0.15, 0.2) is 54.6 Å². The lowest BCUT2D eigenvalue weighted by atomic mass is 9.92. The van der Waals surface area contributed by atoms with E-state index in [9.17, 15) is 5.11 Å². The summed E-state index contributed by atoms with van der Waals surface area (Å²) in [5.41, 5.74) is 3.90. The van der Waals surface area contributed by atoms with E-state index < -0.39 is 0 Å². The van der Waals surface area contributed by atoms with E-state index >= 15 is 0 Å². The van der Waals surface area contributed by atoms with Gasteiger partial charge in [-0.25, -0.2) is 0 Å². The van der Waals surface area contributed by atoms with E-state index in [0.717, 1.165) is 19.3 Å². The van der Waals surface area contributed by atoms with E-state index in [2.05, 4.69) is 55.5 Å². The third-order valence-corrected chi connectivity index (χ3v) is 3.59. The van der Waals surface area contributed by atoms with Gasteiger partial charge in [0.05, 0.1) is 0 Å². The van der Waals surface area contributed by atoms with E-state index in [1.165, 1.54) is 16.7 Å². The summed E-state index contributed by atoms with van der Waals surface area (Å²) in [5.74, 6) is 0.267. The molecule has 0 radical (unpaired) electrons. The Kier molecular flexibility index (Phi) is 5.17. The van der Waals surface area contributed by atoms with Crippen molar-refractivity contribution < 1.29 is 5.11 Å². The summed E-state index contributed by atoms with van der Waals surface area (Å²) in [7, 11) is 0. The largest absolute Gasteiger partial charge is 0.396 e. The Morgan fingerprint density at radius 3 is 2.47 bits per heavy atom. The number of hydrogen-bond donors (Lipinski definition) is 1. The molecule has 0 saturated carbocycles. The Labute approximate surface area is 115 Å². The molecule has 0 amide bonds. The predicted molar refractivity (Wildman–Crippen MR) is 80.4 cm³/mol. The molecule has 0 aliphatic heterocycles. The monoisotopic (exact) mass is 254 g/mol. The Balaban J connectivity index is 1.89. The van der Waals surface area contributed by atoms with Gasteiger partial charge in [0, 0.05) is 12.5 Å². The topological polar surface area (TPSA) is 20.2 Å². The minimum Gasteiger partial charge on any atom is -0.396 e. The lowest BCUT2D eigenvalue weighted by Gasteiger charge is -2.15. The highest BCUT2D eigenvalue weighted by atomic mass is 16.3. The van der Waals surface area contributed by atoms with Crippen LogP contribution in [0.3, 0.4) is 0 Å². The Morgan fingerprint density at radius 2 is 1.79 bits per heavy atom. The van der Waals surface area contributed by atoms with Gasteiger partial charge < -0.3 is 5.11 Å². The third-order valence-electron chi connectivity index (χ3n) is 3.59. The summed E-state index contributed by atoms with van der Waals surface area (Å²) in [6, 6.07) is 19.0. The predicted octanol–water partition coefficient (Wildman–Crippen LogP) is 4.09. The van der Waals surface area contributed by atoms with E-state index in [4.69, 9.17) is 0 Å². The van der Waals surface area contributed by atoms with E-state index in [0.29, 0.717) is 0 Å². The van der Waals surface area contributed by atoms with Crippen LogP contribution in [0.1, 0.15) is 35.4 Å². The van der Waals surface area contributed by atoms with Crippen LogP contribution in [-0.4, -0.2) is 11.7 Å². The molecule has 0 heterocycles. The second kappa shape index (κ2) is 7.10. The number of aryl methyl sites for hydroxylation is 2. The Bertz CT molecular complexity index is 490. The molecule has 0 bridgehead atoms. The van der Waals surface area contributed by atoms with Gasteiger partial charge in [-0.05, 0) is 37.3 Å². The van der Waals surface area contributed by atoms with Crippen molar-refractivity contribution in [2.45, 2.75) is 32.1 Å². The third kappa shape index (κ3) is 4.22. The molecule has 0 fully saturated rings. The summed E-state index contributed by atoms with van der Waals surface area (Å²) >= 11 is 0. The SMILES string of the molecule is Cc1cccc(C(CO)CCCc2ccccc2)c1. The van der Waals surface area contributed by atoms with Crippen molar-refractivity contribution in [3.05, 3.63) is 71.3 Å². The summed E-state index contributed by atoms with van der Waals surface area (Å²) in [6.07, 6.45) is 3.24. The second-order valence-corrected chi connectivity index (χ2v) is 5.17. The van der Waals surface area contributed by atoms with Gasteiger partial charge in [0.1, 0.15) is 0 Å². The van der Waals surface area contributed by atoms with Gasteiger partial charge in [-0.15, -0.1) is 0 Å². The number of aliphatic hydroxyl groups excluding tert-OH is 1. The van der Waals surface area contributed by atoms with E-state index in [-0.39, 0.29) is 12.5 Å². The minimum atomic E-state index is 0.234. The molecule has 0 spiro atoms. The smallest absolute Gasteiger partial charge is 0.0499 e. The molecule has 2 aromatic rings. The molecular formula is C18H22O. The summed E-state index contributed by atoms with van der Waals surface area (Å²) in [6.45, 7) is 2.33. The molecule has 1 atom stereocenters. The lowest BCUT2D eigenvalue weighted by Crippen LogP contribution is -2.05. The van der Waals surface area contributed by atoms with Crippen molar-refractivity contribution >= 4 is 0 Å². The number of aliphatic hydroxyl groups is 1. The van der Waals surface area contributed by atoms with Crippen LogP contribution in [0.25, 0.3) is 0 Å².